The van der Waals surface area contributed by atoms with E-state index in [0.717, 1.165) is 30.0 Å². The van der Waals surface area contributed by atoms with Crippen LogP contribution < -0.4 is 4.74 Å². The van der Waals surface area contributed by atoms with Crippen LogP contribution in [0.3, 0.4) is 0 Å². The van der Waals surface area contributed by atoms with Crippen molar-refractivity contribution in [1.82, 2.24) is 0 Å². The molecule has 0 N–H and O–H groups in total. The van der Waals surface area contributed by atoms with Crippen LogP contribution in [0.2, 0.25) is 0 Å². The lowest BCUT2D eigenvalue weighted by atomic mass is 9.95. The highest BCUT2D eigenvalue weighted by molar-refractivity contribution is 5.93. The fraction of sp³-hybridized carbons (Fsp3) is 0.222. The van der Waals surface area contributed by atoms with E-state index in [1.54, 1.807) is 6.07 Å². The Labute approximate surface area is 127 Å². The molecule has 110 valence electrons. The average Bonchev–Trinajstić information content (AvgIpc) is 3.40. The van der Waals surface area contributed by atoms with E-state index in [2.05, 4.69) is 13.2 Å². The largest absolute Gasteiger partial charge is 0.451 e. The van der Waals surface area contributed by atoms with Gasteiger partial charge in [0.25, 0.3) is 0 Å². The Hall–Kier alpha value is -2.62. The highest BCUT2D eigenvalue weighted by atomic mass is 16.6. The highest BCUT2D eigenvalue weighted by Crippen LogP contribution is 2.71. The molecule has 2 unspecified atom stereocenters. The number of allylic oxidation sites excluding steroid dienone is 1. The highest BCUT2D eigenvalue weighted by Gasteiger charge is 2.67. The molecule has 1 saturated carbocycles. The Bertz CT molecular complexity index is 786. The van der Waals surface area contributed by atoms with Gasteiger partial charge in [-0.2, -0.15) is 0 Å². The van der Waals surface area contributed by atoms with Crippen molar-refractivity contribution in [1.29, 1.82) is 0 Å². The van der Waals surface area contributed by atoms with Crippen molar-refractivity contribution in [2.24, 2.45) is 0 Å². The van der Waals surface area contributed by atoms with Crippen LogP contribution in [0.5, 0.6) is 5.75 Å². The number of carbonyl (C=O) groups excluding carboxylic acids is 2. The second kappa shape index (κ2) is 4.19. The zero-order chi connectivity index (χ0) is 15.5. The number of ether oxygens (including phenoxy) is 2. The van der Waals surface area contributed by atoms with E-state index in [0.29, 0.717) is 5.75 Å². The van der Waals surface area contributed by atoms with Gasteiger partial charge in [-0.3, -0.25) is 0 Å². The van der Waals surface area contributed by atoms with Gasteiger partial charge in [0.05, 0.1) is 0 Å². The standard InChI is InChI=1S/C18H14O4/c1-3-16(19)21-10-5-6-11-12(7-10)13-8-14(13)18(9-15(11)18)22-17(20)4-2/h3-7,15H,1-2,8-9H2. The fourth-order valence-electron chi connectivity index (χ4n) is 3.45. The number of rotatable bonds is 4. The first kappa shape index (κ1) is 13.1. The fourth-order valence-corrected chi connectivity index (χ4v) is 3.45. The van der Waals surface area contributed by atoms with Gasteiger partial charge in [-0.1, -0.05) is 19.2 Å². The normalized spacial score (nSPS) is 26.1. The summed E-state index contributed by atoms with van der Waals surface area (Å²) in [6, 6.07) is 5.61. The van der Waals surface area contributed by atoms with Gasteiger partial charge in [0.15, 0.2) is 0 Å². The minimum Gasteiger partial charge on any atom is -0.451 e. The van der Waals surface area contributed by atoms with Crippen LogP contribution in [0, 0.1) is 0 Å². The SMILES string of the molecule is C=CC(=O)Oc1ccc2c(c1)C1=C(C1)C1(OC(=O)C=C)CC21. The average molecular weight is 294 g/mol. The van der Waals surface area contributed by atoms with Crippen LogP contribution in [-0.2, 0) is 14.3 Å². The van der Waals surface area contributed by atoms with E-state index in [9.17, 15) is 9.59 Å². The van der Waals surface area contributed by atoms with Crippen molar-refractivity contribution in [3.63, 3.8) is 0 Å². The molecule has 22 heavy (non-hydrogen) atoms. The second-order valence-electron chi connectivity index (χ2n) is 5.78. The maximum Gasteiger partial charge on any atom is 0.335 e. The van der Waals surface area contributed by atoms with E-state index in [1.807, 2.05) is 12.1 Å². The molecule has 0 heterocycles. The molecular weight excluding hydrogens is 280 g/mol. The van der Waals surface area contributed by atoms with E-state index in [1.165, 1.54) is 17.2 Å². The van der Waals surface area contributed by atoms with Crippen LogP contribution in [0.15, 0.2) is 49.1 Å². The molecule has 3 aliphatic carbocycles. The number of fused-ring (bicyclic) bond motifs is 5. The Kier molecular flexibility index (Phi) is 2.49. The van der Waals surface area contributed by atoms with Crippen molar-refractivity contribution in [2.45, 2.75) is 24.4 Å². The summed E-state index contributed by atoms with van der Waals surface area (Å²) < 4.78 is 10.8. The molecule has 4 heteroatoms. The first-order valence-corrected chi connectivity index (χ1v) is 7.15. The van der Waals surface area contributed by atoms with E-state index < -0.39 is 11.6 Å². The number of hydrogen-bond acceptors (Lipinski definition) is 4. The maximum absolute atomic E-state index is 11.6. The van der Waals surface area contributed by atoms with Crippen molar-refractivity contribution < 1.29 is 19.1 Å². The maximum atomic E-state index is 11.6. The summed E-state index contributed by atoms with van der Waals surface area (Å²) in [4.78, 5) is 22.9. The Morgan fingerprint density at radius 3 is 2.73 bits per heavy atom. The van der Waals surface area contributed by atoms with E-state index >= 15 is 0 Å². The van der Waals surface area contributed by atoms with E-state index in [4.69, 9.17) is 9.47 Å². The summed E-state index contributed by atoms with van der Waals surface area (Å²) in [6.45, 7) is 6.85. The Balaban J connectivity index is 1.67. The lowest BCUT2D eigenvalue weighted by Gasteiger charge is -2.19. The number of hydrogen-bond donors (Lipinski definition) is 0. The smallest absolute Gasteiger partial charge is 0.335 e. The summed E-state index contributed by atoms with van der Waals surface area (Å²) in [5.41, 5.74) is 4.24. The molecule has 0 radical (unpaired) electrons. The first-order chi connectivity index (χ1) is 10.6. The minimum atomic E-state index is -0.471. The third-order valence-corrected chi connectivity index (χ3v) is 4.57. The molecule has 0 amide bonds. The lowest BCUT2D eigenvalue weighted by molar-refractivity contribution is -0.143. The van der Waals surface area contributed by atoms with Crippen molar-refractivity contribution >= 4 is 17.5 Å². The van der Waals surface area contributed by atoms with Crippen LogP contribution >= 0.6 is 0 Å². The number of esters is 2. The summed E-state index contributed by atoms with van der Waals surface area (Å²) in [5, 5.41) is 0. The van der Waals surface area contributed by atoms with Crippen LogP contribution in [0.25, 0.3) is 5.57 Å². The Morgan fingerprint density at radius 2 is 2.00 bits per heavy atom. The zero-order valence-corrected chi connectivity index (χ0v) is 11.9. The molecule has 3 aliphatic rings. The molecule has 0 spiro atoms. The molecule has 1 aromatic carbocycles. The van der Waals surface area contributed by atoms with Gasteiger partial charge in [-0.15, -0.1) is 0 Å². The van der Waals surface area contributed by atoms with Crippen molar-refractivity contribution in [2.75, 3.05) is 0 Å². The van der Waals surface area contributed by atoms with Crippen LogP contribution in [0.4, 0.5) is 0 Å². The third kappa shape index (κ3) is 1.70. The topological polar surface area (TPSA) is 52.6 Å². The molecule has 4 nitrogen and oxygen atoms in total. The number of benzene rings is 1. The van der Waals surface area contributed by atoms with Gasteiger partial charge in [0.1, 0.15) is 11.4 Å². The van der Waals surface area contributed by atoms with Crippen LogP contribution in [-0.4, -0.2) is 17.5 Å². The van der Waals surface area contributed by atoms with Gasteiger partial charge in [0, 0.05) is 24.5 Å². The molecular formula is C18H14O4. The molecule has 1 fully saturated rings. The lowest BCUT2D eigenvalue weighted by Crippen LogP contribution is -2.21. The third-order valence-electron chi connectivity index (χ3n) is 4.57. The molecule has 0 aromatic heterocycles. The number of carbonyl (C=O) groups is 2. The first-order valence-electron chi connectivity index (χ1n) is 7.15. The predicted octanol–water partition coefficient (Wildman–Crippen LogP) is 2.90. The molecule has 0 bridgehead atoms. The monoisotopic (exact) mass is 294 g/mol. The summed E-state index contributed by atoms with van der Waals surface area (Å²) in [6.07, 6.45) is 4.03. The van der Waals surface area contributed by atoms with E-state index in [-0.39, 0.29) is 11.9 Å². The molecule has 2 atom stereocenters. The summed E-state index contributed by atoms with van der Waals surface area (Å²) >= 11 is 0. The predicted molar refractivity (Wildman–Crippen MR) is 80.2 cm³/mol. The summed E-state index contributed by atoms with van der Waals surface area (Å²) in [7, 11) is 0. The summed E-state index contributed by atoms with van der Waals surface area (Å²) in [5.74, 6) is -0.127. The zero-order valence-electron chi connectivity index (χ0n) is 11.9. The molecule has 0 aliphatic heterocycles. The quantitative estimate of drug-likeness (QED) is 0.487. The molecule has 1 aromatic rings. The van der Waals surface area contributed by atoms with Crippen LogP contribution in [0.1, 0.15) is 29.9 Å². The molecule has 0 saturated heterocycles. The Morgan fingerprint density at radius 1 is 1.23 bits per heavy atom. The minimum absolute atomic E-state index is 0.205. The van der Waals surface area contributed by atoms with Gasteiger partial charge in [-0.25, -0.2) is 9.59 Å². The van der Waals surface area contributed by atoms with Crippen molar-refractivity contribution in [3.05, 3.63) is 60.2 Å². The van der Waals surface area contributed by atoms with Crippen molar-refractivity contribution in [3.8, 4) is 5.75 Å². The van der Waals surface area contributed by atoms with Gasteiger partial charge in [0.2, 0.25) is 0 Å². The van der Waals surface area contributed by atoms with Gasteiger partial charge < -0.3 is 9.47 Å². The van der Waals surface area contributed by atoms with Gasteiger partial charge in [-0.05, 0) is 40.8 Å². The molecule has 4 rings (SSSR count). The second-order valence-corrected chi connectivity index (χ2v) is 5.78. The van der Waals surface area contributed by atoms with Gasteiger partial charge >= 0.3 is 11.9 Å².